The highest BCUT2D eigenvalue weighted by Crippen LogP contribution is 2.29. The van der Waals surface area contributed by atoms with Crippen LogP contribution in [0.25, 0.3) is 0 Å². The van der Waals surface area contributed by atoms with E-state index in [9.17, 15) is 18.0 Å². The molecule has 0 aliphatic heterocycles. The second kappa shape index (κ2) is 8.25. The van der Waals surface area contributed by atoms with E-state index in [0.717, 1.165) is 12.1 Å². The number of carbonyl (C=O) groups is 1. The average Bonchev–Trinajstić information content (AvgIpc) is 2.58. The summed E-state index contributed by atoms with van der Waals surface area (Å²) >= 11 is 6.00. The minimum Gasteiger partial charge on any atom is -0.479 e. The van der Waals surface area contributed by atoms with Crippen molar-refractivity contribution in [3.8, 4) is 5.75 Å². The van der Waals surface area contributed by atoms with Crippen molar-refractivity contribution in [3.05, 3.63) is 64.7 Å². The molecule has 0 heterocycles. The molecule has 134 valence electrons. The lowest BCUT2D eigenvalue weighted by molar-refractivity contribution is -0.137. The van der Waals surface area contributed by atoms with Crippen LogP contribution in [-0.2, 0) is 17.5 Å². The topological polar surface area (TPSA) is 38.3 Å². The van der Waals surface area contributed by atoms with E-state index in [1.54, 1.807) is 31.2 Å². The molecule has 1 atom stereocenters. The fourth-order valence-corrected chi connectivity index (χ4v) is 2.36. The van der Waals surface area contributed by atoms with Crippen molar-refractivity contribution < 1.29 is 22.7 Å². The predicted molar refractivity (Wildman–Crippen MR) is 89.4 cm³/mol. The Kier molecular flexibility index (Phi) is 6.31. The standard InChI is InChI=1S/C18H17ClF3NO2/c1-2-15(25-16-9-4-3-8-14(16)19)17(24)23-11-12-6-5-7-13(10-12)18(20,21)22/h3-10,15H,2,11H2,1H3,(H,23,24)/t15-/m1/s1. The van der Waals surface area contributed by atoms with Gasteiger partial charge in [-0.25, -0.2) is 0 Å². The van der Waals surface area contributed by atoms with Crippen LogP contribution >= 0.6 is 11.6 Å². The Labute approximate surface area is 148 Å². The molecule has 1 amide bonds. The molecule has 2 aromatic carbocycles. The van der Waals surface area contributed by atoms with Crippen LogP contribution in [0.4, 0.5) is 13.2 Å². The third-order valence-electron chi connectivity index (χ3n) is 3.49. The summed E-state index contributed by atoms with van der Waals surface area (Å²) in [4.78, 5) is 12.2. The van der Waals surface area contributed by atoms with E-state index in [-0.39, 0.29) is 6.54 Å². The first-order valence-electron chi connectivity index (χ1n) is 7.66. The number of benzene rings is 2. The number of hydrogen-bond donors (Lipinski definition) is 1. The van der Waals surface area contributed by atoms with Crippen molar-refractivity contribution in [3.63, 3.8) is 0 Å². The molecular formula is C18H17ClF3NO2. The van der Waals surface area contributed by atoms with Crippen LogP contribution in [-0.4, -0.2) is 12.0 Å². The van der Waals surface area contributed by atoms with Gasteiger partial charge in [0.05, 0.1) is 10.6 Å². The third-order valence-corrected chi connectivity index (χ3v) is 3.80. The number of carbonyl (C=O) groups excluding carboxylic acids is 1. The van der Waals surface area contributed by atoms with E-state index in [0.29, 0.717) is 22.8 Å². The number of halogens is 4. The van der Waals surface area contributed by atoms with Crippen molar-refractivity contribution in [1.82, 2.24) is 5.32 Å². The van der Waals surface area contributed by atoms with Crippen molar-refractivity contribution in [1.29, 1.82) is 0 Å². The number of para-hydroxylation sites is 1. The maximum Gasteiger partial charge on any atom is 0.416 e. The van der Waals surface area contributed by atoms with E-state index in [1.807, 2.05) is 0 Å². The largest absolute Gasteiger partial charge is 0.479 e. The zero-order chi connectivity index (χ0) is 18.4. The molecule has 2 rings (SSSR count). The fraction of sp³-hybridized carbons (Fsp3) is 0.278. The lowest BCUT2D eigenvalue weighted by atomic mass is 10.1. The summed E-state index contributed by atoms with van der Waals surface area (Å²) in [5.41, 5.74) is -0.394. The van der Waals surface area contributed by atoms with E-state index in [2.05, 4.69) is 5.32 Å². The van der Waals surface area contributed by atoms with Gasteiger partial charge in [0.1, 0.15) is 5.75 Å². The first kappa shape index (κ1) is 19.1. The van der Waals surface area contributed by atoms with Crippen LogP contribution in [0.2, 0.25) is 5.02 Å². The van der Waals surface area contributed by atoms with E-state index in [4.69, 9.17) is 16.3 Å². The van der Waals surface area contributed by atoms with E-state index in [1.165, 1.54) is 12.1 Å². The SMILES string of the molecule is CC[C@@H](Oc1ccccc1Cl)C(=O)NCc1cccc(C(F)(F)F)c1. The quantitative estimate of drug-likeness (QED) is 0.789. The van der Waals surface area contributed by atoms with Gasteiger partial charge in [0, 0.05) is 6.54 Å². The molecule has 2 aromatic rings. The number of ether oxygens (including phenoxy) is 1. The van der Waals surface area contributed by atoms with Gasteiger partial charge >= 0.3 is 6.18 Å². The monoisotopic (exact) mass is 371 g/mol. The highest BCUT2D eigenvalue weighted by Gasteiger charge is 2.30. The van der Waals surface area contributed by atoms with Gasteiger partial charge in [-0.1, -0.05) is 42.8 Å². The molecule has 0 saturated carbocycles. The maximum absolute atomic E-state index is 12.7. The molecule has 0 aliphatic carbocycles. The molecule has 0 saturated heterocycles. The molecule has 0 fully saturated rings. The van der Waals surface area contributed by atoms with Gasteiger partial charge in [-0.3, -0.25) is 4.79 Å². The summed E-state index contributed by atoms with van der Waals surface area (Å²) in [5.74, 6) is -0.0370. The maximum atomic E-state index is 12.7. The molecule has 0 spiro atoms. The summed E-state index contributed by atoms with van der Waals surface area (Å²) in [6.07, 6.45) is -4.82. The summed E-state index contributed by atoms with van der Waals surface area (Å²) in [5, 5.41) is 2.98. The highest BCUT2D eigenvalue weighted by atomic mass is 35.5. The summed E-state index contributed by atoms with van der Waals surface area (Å²) in [7, 11) is 0. The van der Waals surface area contributed by atoms with Crippen molar-refractivity contribution in [2.75, 3.05) is 0 Å². The molecule has 7 heteroatoms. The number of nitrogens with one attached hydrogen (secondary N) is 1. The van der Waals surface area contributed by atoms with Gasteiger partial charge in [-0.2, -0.15) is 13.2 Å². The Hall–Kier alpha value is -2.21. The highest BCUT2D eigenvalue weighted by molar-refractivity contribution is 6.32. The summed E-state index contributed by atoms with van der Waals surface area (Å²) < 4.78 is 43.7. The van der Waals surface area contributed by atoms with Crippen molar-refractivity contribution in [2.24, 2.45) is 0 Å². The zero-order valence-corrected chi connectivity index (χ0v) is 14.2. The molecule has 25 heavy (non-hydrogen) atoms. The minimum atomic E-state index is -4.42. The second-order valence-corrected chi connectivity index (χ2v) is 5.77. The van der Waals surface area contributed by atoms with Gasteiger partial charge in [0.2, 0.25) is 0 Å². The van der Waals surface area contributed by atoms with E-state index < -0.39 is 23.8 Å². The average molecular weight is 372 g/mol. The summed E-state index contributed by atoms with van der Waals surface area (Å²) in [6.45, 7) is 1.75. The first-order valence-corrected chi connectivity index (χ1v) is 8.04. The molecule has 0 aliphatic rings. The smallest absolute Gasteiger partial charge is 0.416 e. The normalized spacial score (nSPS) is 12.5. The number of rotatable bonds is 6. The Morgan fingerprint density at radius 3 is 2.56 bits per heavy atom. The number of alkyl halides is 3. The molecule has 0 aromatic heterocycles. The minimum absolute atomic E-state index is 0.0227. The predicted octanol–water partition coefficient (Wildman–Crippen LogP) is 4.83. The van der Waals surface area contributed by atoms with Crippen LogP contribution in [0.1, 0.15) is 24.5 Å². The van der Waals surface area contributed by atoms with Crippen LogP contribution in [0.3, 0.4) is 0 Å². The van der Waals surface area contributed by atoms with Gasteiger partial charge < -0.3 is 10.1 Å². The van der Waals surface area contributed by atoms with Gasteiger partial charge in [-0.15, -0.1) is 0 Å². The lowest BCUT2D eigenvalue weighted by Crippen LogP contribution is -2.37. The van der Waals surface area contributed by atoms with Gasteiger partial charge in [0.15, 0.2) is 6.10 Å². The molecule has 0 radical (unpaired) electrons. The Morgan fingerprint density at radius 1 is 1.20 bits per heavy atom. The van der Waals surface area contributed by atoms with E-state index >= 15 is 0 Å². The van der Waals surface area contributed by atoms with Gasteiger partial charge in [-0.05, 0) is 36.2 Å². The lowest BCUT2D eigenvalue weighted by Gasteiger charge is -2.18. The molecule has 3 nitrogen and oxygen atoms in total. The third kappa shape index (κ3) is 5.39. The first-order chi connectivity index (χ1) is 11.8. The van der Waals surface area contributed by atoms with Crippen LogP contribution in [0.5, 0.6) is 5.75 Å². The molecule has 0 unspecified atom stereocenters. The van der Waals surface area contributed by atoms with Crippen LogP contribution in [0.15, 0.2) is 48.5 Å². The Balaban J connectivity index is 2.00. The Bertz CT molecular complexity index is 734. The number of amides is 1. The molecule has 0 bridgehead atoms. The van der Waals surface area contributed by atoms with Crippen LogP contribution in [0, 0.1) is 0 Å². The van der Waals surface area contributed by atoms with Crippen molar-refractivity contribution >= 4 is 17.5 Å². The van der Waals surface area contributed by atoms with Crippen LogP contribution < -0.4 is 10.1 Å². The van der Waals surface area contributed by atoms with Crippen molar-refractivity contribution in [2.45, 2.75) is 32.2 Å². The Morgan fingerprint density at radius 2 is 1.92 bits per heavy atom. The molecule has 1 N–H and O–H groups in total. The summed E-state index contributed by atoms with van der Waals surface area (Å²) in [6, 6.07) is 11.6. The number of hydrogen-bond acceptors (Lipinski definition) is 2. The fourth-order valence-electron chi connectivity index (χ4n) is 2.18. The van der Waals surface area contributed by atoms with Gasteiger partial charge in [0.25, 0.3) is 5.91 Å². The molecular weight excluding hydrogens is 355 g/mol. The zero-order valence-electron chi connectivity index (χ0n) is 13.4. The second-order valence-electron chi connectivity index (χ2n) is 5.36.